The first-order valence-corrected chi connectivity index (χ1v) is 17.4. The number of alkyl halides is 5. The van der Waals surface area contributed by atoms with Crippen molar-refractivity contribution in [2.24, 2.45) is 0 Å². The van der Waals surface area contributed by atoms with Crippen molar-refractivity contribution in [3.63, 3.8) is 0 Å². The molecule has 0 amide bonds. The zero-order chi connectivity index (χ0) is 40.7. The Bertz CT molecular complexity index is 2980. The molecule has 2 aliphatic rings. The van der Waals surface area contributed by atoms with E-state index in [1.54, 1.807) is 60.7 Å². The van der Waals surface area contributed by atoms with Crippen LogP contribution in [-0.2, 0) is 12.1 Å². The molecule has 2 aromatic heterocycles. The maximum absolute atomic E-state index is 13.9. The molecular weight excluding hydrogens is 748 g/mol. The number of aromatic nitrogens is 4. The number of rotatable bonds is 3. The number of hydrogen-bond acceptors (Lipinski definition) is 8. The zero-order valence-corrected chi connectivity index (χ0v) is 29.7. The van der Waals surface area contributed by atoms with Crippen molar-refractivity contribution in [1.82, 2.24) is 19.9 Å². The summed E-state index contributed by atoms with van der Waals surface area (Å²) in [6, 6.07) is 32.1. The lowest BCUT2D eigenvalue weighted by atomic mass is 9.95. The summed E-state index contributed by atoms with van der Waals surface area (Å²) in [5, 5.41) is 40.0. The normalized spacial score (nSPS) is 12.5. The van der Waals surface area contributed by atoms with E-state index in [1.807, 2.05) is 24.3 Å². The average Bonchev–Trinajstić information content (AvgIpc) is 3.69. The highest BCUT2D eigenvalue weighted by Gasteiger charge is 2.34. The molecule has 8 nitrogen and oxygen atoms in total. The van der Waals surface area contributed by atoms with Crippen LogP contribution in [0.4, 0.5) is 22.0 Å². The van der Waals surface area contributed by atoms with E-state index in [4.69, 9.17) is 19.9 Å². The molecule has 274 valence electrons. The number of allylic oxidation sites excluding steroid dienone is 2. The van der Waals surface area contributed by atoms with Crippen LogP contribution in [0.1, 0.15) is 40.6 Å². The molecule has 0 unspecified atom stereocenters. The molecule has 5 aromatic carbocycles. The molecule has 0 N–H and O–H groups in total. The molecule has 0 radical (unpaired) electrons. The minimum Gasteiger partial charge on any atom is -0.244 e. The van der Waals surface area contributed by atoms with Gasteiger partial charge in [-0.05, 0) is 69.8 Å². The maximum Gasteiger partial charge on any atom is 0.416 e. The quantitative estimate of drug-likeness (QED) is 0.0980. The highest BCUT2D eigenvalue weighted by atomic mass is 19.4. The van der Waals surface area contributed by atoms with E-state index in [-0.39, 0.29) is 39.2 Å². The molecule has 9 rings (SSSR count). The van der Waals surface area contributed by atoms with E-state index in [1.165, 1.54) is 24.3 Å². The van der Waals surface area contributed by atoms with Gasteiger partial charge in [0.25, 0.3) is 5.92 Å². The summed E-state index contributed by atoms with van der Waals surface area (Å²) in [6.45, 7) is 0.821. The summed E-state index contributed by atoms with van der Waals surface area (Å²) in [5.74, 6) is -3.01. The molecule has 13 heteroatoms. The van der Waals surface area contributed by atoms with Crippen LogP contribution >= 0.6 is 0 Å². The summed E-state index contributed by atoms with van der Waals surface area (Å²) in [6.07, 6.45) is -4.50. The number of hydrogen-bond donors (Lipinski definition) is 0. The fourth-order valence-corrected chi connectivity index (χ4v) is 7.45. The Morgan fingerprint density at radius 3 is 1.12 bits per heavy atom. The van der Waals surface area contributed by atoms with Gasteiger partial charge in [0.2, 0.25) is 0 Å². The molecule has 0 saturated carbocycles. The highest BCUT2D eigenvalue weighted by Crippen LogP contribution is 2.48. The van der Waals surface area contributed by atoms with Gasteiger partial charge < -0.3 is 0 Å². The topological polar surface area (TPSA) is 147 Å². The summed E-state index contributed by atoms with van der Waals surface area (Å²) < 4.78 is 67.6. The fourth-order valence-electron chi connectivity index (χ4n) is 7.45. The van der Waals surface area contributed by atoms with Gasteiger partial charge in [-0.1, -0.05) is 60.7 Å². The molecule has 7 aromatic rings. The Balaban J connectivity index is 1.19. The number of fused-ring (bicyclic) bond motifs is 8. The summed E-state index contributed by atoms with van der Waals surface area (Å²) in [5.41, 5.74) is 6.50. The van der Waals surface area contributed by atoms with E-state index in [2.05, 4.69) is 0 Å². The van der Waals surface area contributed by atoms with Crippen LogP contribution in [-0.4, -0.2) is 19.9 Å². The Hall–Kier alpha value is -8.13. The van der Waals surface area contributed by atoms with Crippen LogP contribution < -0.4 is 0 Å². The van der Waals surface area contributed by atoms with Crippen LogP contribution in [0.5, 0.6) is 0 Å². The molecule has 0 atom stereocenters. The molecule has 0 aliphatic heterocycles. The van der Waals surface area contributed by atoms with Gasteiger partial charge in [-0.3, -0.25) is 0 Å². The molecule has 2 aliphatic carbocycles. The molecule has 0 spiro atoms. The standard InChI is InChI=1S/C45H19F5N8/c1-44(46,47)28-8-2-22(3-9-28)24-6-12-30-32(14-24)38(26(18-51)19-52)42-40(30)55-34-16-35-37(17-36(34)57-42)58-43-39(27(20-53)21-54)33-15-25(7-13-31(33)41(43)56-35)23-4-10-29(11-5-23)45(48,49)50/h2-17H,1H3. The van der Waals surface area contributed by atoms with E-state index < -0.39 is 17.7 Å². The van der Waals surface area contributed by atoms with E-state index in [9.17, 15) is 43.0 Å². The predicted molar refractivity (Wildman–Crippen MR) is 203 cm³/mol. The van der Waals surface area contributed by atoms with Crippen molar-refractivity contribution in [3.05, 3.63) is 142 Å². The Morgan fingerprint density at radius 2 is 0.776 bits per heavy atom. The van der Waals surface area contributed by atoms with Crippen LogP contribution in [0.2, 0.25) is 0 Å². The van der Waals surface area contributed by atoms with E-state index in [0.29, 0.717) is 78.0 Å². The average molecular weight is 767 g/mol. The third-order valence-corrected chi connectivity index (χ3v) is 10.2. The molecule has 0 saturated heterocycles. The van der Waals surface area contributed by atoms with Gasteiger partial charge in [-0.25, -0.2) is 28.7 Å². The maximum atomic E-state index is 13.9. The minimum absolute atomic E-state index is 0.138. The fraction of sp³-hybridized carbons (Fsp3) is 0.0667. The Kier molecular flexibility index (Phi) is 7.79. The van der Waals surface area contributed by atoms with Crippen LogP contribution in [0.3, 0.4) is 0 Å². The lowest BCUT2D eigenvalue weighted by Crippen LogP contribution is -2.06. The van der Waals surface area contributed by atoms with Crippen molar-refractivity contribution in [2.75, 3.05) is 0 Å². The van der Waals surface area contributed by atoms with Crippen molar-refractivity contribution in [3.8, 4) is 69.0 Å². The summed E-state index contributed by atoms with van der Waals surface area (Å²) >= 11 is 0. The lowest BCUT2D eigenvalue weighted by Gasteiger charge is -2.12. The first-order valence-electron chi connectivity index (χ1n) is 17.4. The van der Waals surface area contributed by atoms with Gasteiger partial charge in [0.05, 0.1) is 50.4 Å². The number of benzene rings is 5. The second kappa shape index (κ2) is 12.7. The summed E-state index contributed by atoms with van der Waals surface area (Å²) in [4.78, 5) is 19.6. The molecular formula is C45H19F5N8. The van der Waals surface area contributed by atoms with Crippen LogP contribution in [0.25, 0.3) is 78.0 Å². The SMILES string of the molecule is CC(F)(F)c1ccc(-c2ccc3c(c2)C(=C(C#N)C#N)c2nc4cc5nc6c(nc5cc4nc2-3)-c2ccc(-c3ccc(C(F)(F)F)cc3)cc2C6=C(C#N)C#N)cc1. The first-order chi connectivity index (χ1) is 27.8. The van der Waals surface area contributed by atoms with Gasteiger partial charge in [-0.2, -0.15) is 34.2 Å². The number of nitriles is 4. The molecule has 0 bridgehead atoms. The smallest absolute Gasteiger partial charge is 0.244 e. The van der Waals surface area contributed by atoms with Gasteiger partial charge in [0.15, 0.2) is 0 Å². The van der Waals surface area contributed by atoms with Crippen LogP contribution in [0.15, 0.2) is 108 Å². The molecule has 2 heterocycles. The highest BCUT2D eigenvalue weighted by molar-refractivity contribution is 6.07. The Labute approximate surface area is 325 Å². The largest absolute Gasteiger partial charge is 0.416 e. The van der Waals surface area contributed by atoms with Crippen molar-refractivity contribution in [1.29, 1.82) is 21.0 Å². The molecule has 58 heavy (non-hydrogen) atoms. The van der Waals surface area contributed by atoms with Crippen molar-refractivity contribution < 1.29 is 22.0 Å². The first kappa shape index (κ1) is 35.6. The molecule has 0 fully saturated rings. The van der Waals surface area contributed by atoms with Crippen LogP contribution in [0, 0.1) is 45.3 Å². The van der Waals surface area contributed by atoms with Gasteiger partial charge in [0.1, 0.15) is 35.4 Å². The summed E-state index contributed by atoms with van der Waals surface area (Å²) in [7, 11) is 0. The van der Waals surface area contributed by atoms with Gasteiger partial charge in [-0.15, -0.1) is 0 Å². The van der Waals surface area contributed by atoms with Crippen molar-refractivity contribution >= 4 is 33.2 Å². The van der Waals surface area contributed by atoms with Crippen molar-refractivity contribution in [2.45, 2.75) is 19.0 Å². The third-order valence-electron chi connectivity index (χ3n) is 10.2. The minimum atomic E-state index is -4.50. The number of nitrogens with zero attached hydrogens (tertiary/aromatic N) is 8. The monoisotopic (exact) mass is 766 g/mol. The van der Waals surface area contributed by atoms with E-state index in [0.717, 1.165) is 19.1 Å². The second-order valence-electron chi connectivity index (χ2n) is 13.7. The number of halogens is 5. The Morgan fingerprint density at radius 1 is 0.431 bits per heavy atom. The lowest BCUT2D eigenvalue weighted by molar-refractivity contribution is -0.137. The predicted octanol–water partition coefficient (Wildman–Crippen LogP) is 10.7. The van der Waals surface area contributed by atoms with Gasteiger partial charge >= 0.3 is 6.18 Å². The second-order valence-corrected chi connectivity index (χ2v) is 13.7. The third kappa shape index (κ3) is 5.53. The zero-order valence-electron chi connectivity index (χ0n) is 29.7. The van der Waals surface area contributed by atoms with Gasteiger partial charge in [0, 0.05) is 34.8 Å². The van der Waals surface area contributed by atoms with E-state index >= 15 is 0 Å².